The highest BCUT2D eigenvalue weighted by molar-refractivity contribution is 6.40. The van der Waals surface area contributed by atoms with E-state index in [0.29, 0.717) is 5.56 Å². The Morgan fingerprint density at radius 1 is 0.741 bits per heavy atom. The zero-order chi connectivity index (χ0) is 40.2. The van der Waals surface area contributed by atoms with Gasteiger partial charge in [0.25, 0.3) is 5.91 Å². The summed E-state index contributed by atoms with van der Waals surface area (Å²) >= 11 is 12.9. The van der Waals surface area contributed by atoms with E-state index in [-0.39, 0.29) is 32.9 Å². The second kappa shape index (κ2) is 18.9. The molecule has 0 aliphatic heterocycles. The SMILES string of the molecule is COC(=O)[C@@H](CNC(=O)CNC(=O)c1cccc(N=C(NC(=O)OC(C)(C)C)NC(=O)OC(C)(C)C)c1)C(=O)Nc1c(Cl)cc(-c2ccccc2)cc1Cl. The van der Waals surface area contributed by atoms with Crippen molar-refractivity contribution in [3.63, 3.8) is 0 Å². The third-order valence-corrected chi connectivity index (χ3v) is 7.30. The van der Waals surface area contributed by atoms with Crippen molar-refractivity contribution in [3.8, 4) is 11.1 Å². The van der Waals surface area contributed by atoms with Crippen LogP contribution in [0.2, 0.25) is 10.0 Å². The van der Waals surface area contributed by atoms with Gasteiger partial charge in [-0.2, -0.15) is 0 Å². The van der Waals surface area contributed by atoms with Crippen LogP contribution in [0.1, 0.15) is 51.9 Å². The fraction of sp³-hybridized carbons (Fsp3) is 0.324. The quantitative estimate of drug-likeness (QED) is 0.0540. The largest absolute Gasteiger partial charge is 0.468 e. The molecule has 0 aliphatic rings. The zero-order valence-corrected chi connectivity index (χ0v) is 32.2. The second-order valence-corrected chi connectivity index (χ2v) is 14.3. The van der Waals surface area contributed by atoms with Crippen molar-refractivity contribution in [1.29, 1.82) is 0 Å². The molecule has 0 fully saturated rings. The number of benzene rings is 3. The third-order valence-electron chi connectivity index (χ3n) is 6.70. The molecule has 3 aromatic carbocycles. The molecule has 288 valence electrons. The summed E-state index contributed by atoms with van der Waals surface area (Å²) in [5, 5.41) is 12.3. The molecular formula is C37H42Cl2N6O9. The molecule has 15 nitrogen and oxygen atoms in total. The Morgan fingerprint density at radius 2 is 1.31 bits per heavy atom. The first-order valence-electron chi connectivity index (χ1n) is 16.4. The van der Waals surface area contributed by atoms with Crippen molar-refractivity contribution >= 4 is 76.4 Å². The fourth-order valence-corrected chi connectivity index (χ4v) is 4.98. The maximum atomic E-state index is 13.2. The lowest BCUT2D eigenvalue weighted by atomic mass is 10.0. The molecule has 0 saturated carbocycles. The number of nitrogens with zero attached hydrogens (tertiary/aromatic N) is 1. The van der Waals surface area contributed by atoms with Crippen LogP contribution in [-0.4, -0.2) is 73.2 Å². The van der Waals surface area contributed by atoms with E-state index in [1.165, 1.54) is 24.3 Å². The van der Waals surface area contributed by atoms with Gasteiger partial charge in [0.05, 0.1) is 35.1 Å². The van der Waals surface area contributed by atoms with Crippen LogP contribution in [0, 0.1) is 5.92 Å². The van der Waals surface area contributed by atoms with Crippen LogP contribution in [0.4, 0.5) is 21.0 Å². The number of rotatable bonds is 10. The number of carbonyl (C=O) groups is 6. The lowest BCUT2D eigenvalue weighted by Gasteiger charge is -2.22. The number of alkyl carbamates (subject to hydrolysis) is 2. The molecular weight excluding hydrogens is 743 g/mol. The van der Waals surface area contributed by atoms with Crippen molar-refractivity contribution < 1.29 is 43.0 Å². The summed E-state index contributed by atoms with van der Waals surface area (Å²) in [5.41, 5.74) is 0.116. The number of ether oxygens (including phenoxy) is 3. The summed E-state index contributed by atoms with van der Waals surface area (Å²) < 4.78 is 15.2. The van der Waals surface area contributed by atoms with Gasteiger partial charge in [0.2, 0.25) is 17.8 Å². The minimum atomic E-state index is -1.50. The Morgan fingerprint density at radius 3 is 1.85 bits per heavy atom. The maximum absolute atomic E-state index is 13.2. The molecule has 0 unspecified atom stereocenters. The van der Waals surface area contributed by atoms with Crippen LogP contribution in [0.15, 0.2) is 71.7 Å². The number of esters is 1. The molecule has 54 heavy (non-hydrogen) atoms. The highest BCUT2D eigenvalue weighted by Crippen LogP contribution is 2.36. The number of halogens is 2. The minimum Gasteiger partial charge on any atom is -0.468 e. The number of carbonyl (C=O) groups excluding carboxylic acids is 6. The van der Waals surface area contributed by atoms with E-state index in [0.717, 1.165) is 12.7 Å². The van der Waals surface area contributed by atoms with E-state index in [9.17, 15) is 28.8 Å². The first-order chi connectivity index (χ1) is 25.2. The van der Waals surface area contributed by atoms with E-state index in [4.69, 9.17) is 37.4 Å². The van der Waals surface area contributed by atoms with Crippen molar-refractivity contribution in [2.75, 3.05) is 25.5 Å². The van der Waals surface area contributed by atoms with Crippen LogP contribution in [0.5, 0.6) is 0 Å². The second-order valence-electron chi connectivity index (χ2n) is 13.5. The maximum Gasteiger partial charge on any atom is 0.414 e. The van der Waals surface area contributed by atoms with Crippen molar-refractivity contribution in [2.45, 2.75) is 52.7 Å². The Kier molecular flexibility index (Phi) is 15.0. The van der Waals surface area contributed by atoms with E-state index in [1.54, 1.807) is 53.7 Å². The number of aliphatic imine (C=N–C) groups is 1. The number of guanidine groups is 1. The van der Waals surface area contributed by atoms with Crippen molar-refractivity contribution in [2.24, 2.45) is 10.9 Å². The van der Waals surface area contributed by atoms with Gasteiger partial charge >= 0.3 is 18.2 Å². The van der Waals surface area contributed by atoms with Crippen molar-refractivity contribution in [3.05, 3.63) is 82.3 Å². The summed E-state index contributed by atoms with van der Waals surface area (Å²) in [6.45, 7) is 8.91. The normalized spacial score (nSPS) is 11.6. The predicted octanol–water partition coefficient (Wildman–Crippen LogP) is 5.97. The third kappa shape index (κ3) is 14.0. The van der Waals surface area contributed by atoms with Gasteiger partial charge in [0.1, 0.15) is 11.2 Å². The number of nitrogens with one attached hydrogen (secondary N) is 5. The first-order valence-corrected chi connectivity index (χ1v) is 17.2. The van der Waals surface area contributed by atoms with Crippen LogP contribution in [-0.2, 0) is 28.6 Å². The monoisotopic (exact) mass is 784 g/mol. The summed E-state index contributed by atoms with van der Waals surface area (Å²) in [6, 6.07) is 18.3. The number of methoxy groups -OCH3 is 1. The molecule has 3 aromatic rings. The molecule has 5 amide bonds. The van der Waals surface area contributed by atoms with Crippen molar-refractivity contribution in [1.82, 2.24) is 21.3 Å². The van der Waals surface area contributed by atoms with Crippen LogP contribution >= 0.6 is 23.2 Å². The lowest BCUT2D eigenvalue weighted by molar-refractivity contribution is -0.148. The van der Waals surface area contributed by atoms with Crippen LogP contribution < -0.4 is 26.6 Å². The van der Waals surface area contributed by atoms with Gasteiger partial charge in [-0.3, -0.25) is 29.8 Å². The van der Waals surface area contributed by atoms with Gasteiger partial charge in [-0.05, 0) is 83.0 Å². The fourth-order valence-electron chi connectivity index (χ4n) is 4.40. The summed E-state index contributed by atoms with van der Waals surface area (Å²) in [4.78, 5) is 80.4. The Labute approximate surface area is 322 Å². The zero-order valence-electron chi connectivity index (χ0n) is 30.7. The molecule has 0 aromatic heterocycles. The highest BCUT2D eigenvalue weighted by atomic mass is 35.5. The Bertz CT molecular complexity index is 1850. The van der Waals surface area contributed by atoms with Gasteiger partial charge < -0.3 is 30.2 Å². The standard InChI is InChI=1S/C37H42Cl2N6O9/c1-36(2,3)53-34(50)44-33(45-35(51)54-37(4,5)6)42-24-15-11-14-22(16-24)30(47)41-20-28(46)40-19-25(32(49)52-7)31(48)43-29-26(38)17-23(18-27(29)39)21-12-9-8-10-13-21/h8-18,25H,19-20H2,1-7H3,(H,40,46)(H,41,47)(H,43,48)(H2,42,44,45,50,51)/t25-/m0/s1. The first kappa shape index (κ1) is 42.7. The topological polar surface area (TPSA) is 203 Å². The average molecular weight is 786 g/mol. The lowest BCUT2D eigenvalue weighted by Crippen LogP contribution is -2.47. The predicted molar refractivity (Wildman–Crippen MR) is 204 cm³/mol. The molecule has 3 rings (SSSR count). The molecule has 0 radical (unpaired) electrons. The van der Waals surface area contributed by atoms with Gasteiger partial charge in [0.15, 0.2) is 5.92 Å². The molecule has 1 atom stereocenters. The smallest absolute Gasteiger partial charge is 0.414 e. The molecule has 0 heterocycles. The number of amides is 5. The number of hydrogen-bond donors (Lipinski definition) is 5. The molecule has 17 heteroatoms. The van der Waals surface area contributed by atoms with E-state index >= 15 is 0 Å². The van der Waals surface area contributed by atoms with E-state index in [1.807, 2.05) is 30.3 Å². The molecule has 0 saturated heterocycles. The minimum absolute atomic E-state index is 0.0652. The summed E-state index contributed by atoms with van der Waals surface area (Å²) in [6.07, 6.45) is -1.82. The Balaban J connectivity index is 1.65. The number of hydrogen-bond acceptors (Lipinski definition) is 10. The summed E-state index contributed by atoms with van der Waals surface area (Å²) in [7, 11) is 1.08. The van der Waals surface area contributed by atoms with E-state index < -0.39 is 66.1 Å². The van der Waals surface area contributed by atoms with Gasteiger partial charge in [-0.1, -0.05) is 59.6 Å². The molecule has 5 N–H and O–H groups in total. The average Bonchev–Trinajstić information content (AvgIpc) is 3.07. The van der Waals surface area contributed by atoms with Gasteiger partial charge in [0, 0.05) is 12.1 Å². The molecule has 0 bridgehead atoms. The Hall–Kier alpha value is -5.67. The highest BCUT2D eigenvalue weighted by Gasteiger charge is 2.30. The van der Waals surface area contributed by atoms with Gasteiger partial charge in [-0.15, -0.1) is 0 Å². The van der Waals surface area contributed by atoms with Crippen LogP contribution in [0.3, 0.4) is 0 Å². The molecule has 0 aliphatic carbocycles. The summed E-state index contributed by atoms with van der Waals surface area (Å²) in [5.74, 6) is -5.04. The van der Waals surface area contributed by atoms with Crippen LogP contribution in [0.25, 0.3) is 11.1 Å². The molecule has 0 spiro atoms. The number of anilines is 1. The van der Waals surface area contributed by atoms with Gasteiger partial charge in [-0.25, -0.2) is 14.6 Å². The van der Waals surface area contributed by atoms with E-state index in [2.05, 4.69) is 31.6 Å².